The molecular formula is C25H23F3N4O5. The molecule has 12 heteroatoms. The number of aromatic nitrogens is 1. The van der Waals surface area contributed by atoms with Gasteiger partial charge in [-0.3, -0.25) is 9.59 Å². The standard InChI is InChI=1S/C25H23F3N4O5/c1-31(2)21(33)15-36-20-7-4-12-29-23(20)32-13-14-35-22-18(5-3-6-19(22)32)24(34)30-16-8-10-17(11-9-16)37-25(26,27)28/h3-12H,13-15H2,1-2H3,(H,30,34). The number of alkyl halides is 3. The number of hydrogen-bond donors (Lipinski definition) is 1. The minimum absolute atomic E-state index is 0.169. The fraction of sp³-hybridized carbons (Fsp3) is 0.240. The lowest BCUT2D eigenvalue weighted by molar-refractivity contribution is -0.274. The van der Waals surface area contributed by atoms with Crippen molar-refractivity contribution in [1.82, 2.24) is 9.88 Å². The van der Waals surface area contributed by atoms with Gasteiger partial charge in [0.05, 0.1) is 17.8 Å². The summed E-state index contributed by atoms with van der Waals surface area (Å²) < 4.78 is 52.6. The first-order valence-corrected chi connectivity index (χ1v) is 11.1. The molecule has 1 aromatic heterocycles. The van der Waals surface area contributed by atoms with E-state index in [9.17, 15) is 22.8 Å². The van der Waals surface area contributed by atoms with Gasteiger partial charge in [0.2, 0.25) is 0 Å². The normalized spacial score (nSPS) is 12.7. The minimum Gasteiger partial charge on any atom is -0.489 e. The van der Waals surface area contributed by atoms with Crippen molar-refractivity contribution in [2.24, 2.45) is 0 Å². The molecule has 2 heterocycles. The van der Waals surface area contributed by atoms with E-state index in [1.807, 2.05) is 4.90 Å². The molecule has 0 fully saturated rings. The smallest absolute Gasteiger partial charge is 0.489 e. The first-order chi connectivity index (χ1) is 17.6. The molecule has 194 valence electrons. The maximum absolute atomic E-state index is 13.0. The monoisotopic (exact) mass is 516 g/mol. The number of carbonyl (C=O) groups is 2. The largest absolute Gasteiger partial charge is 0.573 e. The lowest BCUT2D eigenvalue weighted by atomic mass is 10.1. The number of pyridine rings is 1. The van der Waals surface area contributed by atoms with Crippen molar-refractivity contribution in [3.8, 4) is 17.2 Å². The Morgan fingerprint density at radius 3 is 2.57 bits per heavy atom. The number of rotatable bonds is 7. The topological polar surface area (TPSA) is 93.2 Å². The van der Waals surface area contributed by atoms with Gasteiger partial charge in [0.1, 0.15) is 12.4 Å². The molecule has 37 heavy (non-hydrogen) atoms. The van der Waals surface area contributed by atoms with Gasteiger partial charge in [0, 0.05) is 26.0 Å². The summed E-state index contributed by atoms with van der Waals surface area (Å²) in [6, 6.07) is 13.2. The number of hydrogen-bond acceptors (Lipinski definition) is 7. The maximum Gasteiger partial charge on any atom is 0.573 e. The van der Waals surface area contributed by atoms with E-state index in [-0.39, 0.29) is 30.4 Å². The SMILES string of the molecule is CN(C)C(=O)COc1cccnc1N1CCOc2c(C(=O)Nc3ccc(OC(F)(F)F)cc3)cccc21. The number of anilines is 3. The number of fused-ring (bicyclic) bond motifs is 1. The van der Waals surface area contributed by atoms with E-state index in [4.69, 9.17) is 9.47 Å². The van der Waals surface area contributed by atoms with Gasteiger partial charge in [-0.15, -0.1) is 13.2 Å². The number of para-hydroxylation sites is 1. The molecular weight excluding hydrogens is 493 g/mol. The summed E-state index contributed by atoms with van der Waals surface area (Å²) in [6.07, 6.45) is -3.22. The summed E-state index contributed by atoms with van der Waals surface area (Å²) >= 11 is 0. The van der Waals surface area contributed by atoms with Crippen LogP contribution in [0.15, 0.2) is 60.8 Å². The maximum atomic E-state index is 13.0. The minimum atomic E-state index is -4.81. The van der Waals surface area contributed by atoms with Gasteiger partial charge >= 0.3 is 6.36 Å². The second kappa shape index (κ2) is 10.6. The molecule has 1 N–H and O–H groups in total. The van der Waals surface area contributed by atoms with Gasteiger partial charge in [0.25, 0.3) is 11.8 Å². The molecule has 0 radical (unpaired) electrons. The van der Waals surface area contributed by atoms with E-state index in [2.05, 4.69) is 15.0 Å². The number of likely N-dealkylation sites (N-methyl/N-ethyl adjacent to an activating group) is 1. The fourth-order valence-electron chi connectivity index (χ4n) is 3.55. The van der Waals surface area contributed by atoms with Crippen LogP contribution in [0, 0.1) is 0 Å². The average Bonchev–Trinajstić information content (AvgIpc) is 2.87. The zero-order chi connectivity index (χ0) is 26.6. The van der Waals surface area contributed by atoms with E-state index in [1.54, 1.807) is 50.6 Å². The van der Waals surface area contributed by atoms with E-state index < -0.39 is 18.0 Å². The molecule has 0 saturated carbocycles. The van der Waals surface area contributed by atoms with E-state index >= 15 is 0 Å². The zero-order valence-corrected chi connectivity index (χ0v) is 19.9. The van der Waals surface area contributed by atoms with Crippen LogP contribution in [0.4, 0.5) is 30.4 Å². The molecule has 3 aromatic rings. The molecule has 0 aliphatic carbocycles. The highest BCUT2D eigenvalue weighted by molar-refractivity contribution is 6.07. The van der Waals surface area contributed by atoms with Gasteiger partial charge in [-0.2, -0.15) is 0 Å². The van der Waals surface area contributed by atoms with Crippen LogP contribution >= 0.6 is 0 Å². The van der Waals surface area contributed by atoms with Gasteiger partial charge in [-0.25, -0.2) is 4.98 Å². The zero-order valence-electron chi connectivity index (χ0n) is 19.9. The molecule has 1 aliphatic heterocycles. The first kappa shape index (κ1) is 25.6. The predicted molar refractivity (Wildman–Crippen MR) is 128 cm³/mol. The quantitative estimate of drug-likeness (QED) is 0.503. The lowest BCUT2D eigenvalue weighted by Gasteiger charge is -2.32. The highest BCUT2D eigenvalue weighted by atomic mass is 19.4. The predicted octanol–water partition coefficient (Wildman–Crippen LogP) is 4.23. The van der Waals surface area contributed by atoms with Gasteiger partial charge in [-0.05, 0) is 48.5 Å². The third-order valence-corrected chi connectivity index (χ3v) is 5.29. The van der Waals surface area contributed by atoms with Crippen LogP contribution in [0.3, 0.4) is 0 Å². The summed E-state index contributed by atoms with van der Waals surface area (Å²) in [4.78, 5) is 32.7. The second-order valence-electron chi connectivity index (χ2n) is 8.08. The van der Waals surface area contributed by atoms with Gasteiger partial charge < -0.3 is 29.3 Å². The van der Waals surface area contributed by atoms with E-state index in [0.717, 1.165) is 12.1 Å². The summed E-state index contributed by atoms with van der Waals surface area (Å²) in [6.45, 7) is 0.485. The van der Waals surface area contributed by atoms with Crippen LogP contribution in [0.5, 0.6) is 17.2 Å². The summed E-state index contributed by atoms with van der Waals surface area (Å²) in [7, 11) is 3.26. The number of nitrogens with zero attached hydrogens (tertiary/aromatic N) is 3. The van der Waals surface area contributed by atoms with Crippen molar-refractivity contribution >= 4 is 29.0 Å². The van der Waals surface area contributed by atoms with Crippen LogP contribution in [-0.2, 0) is 4.79 Å². The van der Waals surface area contributed by atoms with Crippen LogP contribution in [-0.4, -0.2) is 61.9 Å². The van der Waals surface area contributed by atoms with Crippen LogP contribution in [0.1, 0.15) is 10.4 Å². The number of carbonyl (C=O) groups excluding carboxylic acids is 2. The van der Waals surface area contributed by atoms with Gasteiger partial charge in [-0.1, -0.05) is 6.07 Å². The Balaban J connectivity index is 1.56. The lowest BCUT2D eigenvalue weighted by Crippen LogP contribution is -2.31. The van der Waals surface area contributed by atoms with Crippen molar-refractivity contribution in [2.75, 3.05) is 44.1 Å². The van der Waals surface area contributed by atoms with Crippen LogP contribution in [0.2, 0.25) is 0 Å². The molecule has 2 aromatic carbocycles. The third-order valence-electron chi connectivity index (χ3n) is 5.29. The molecule has 9 nitrogen and oxygen atoms in total. The molecule has 1 aliphatic rings. The number of halogens is 3. The second-order valence-corrected chi connectivity index (χ2v) is 8.08. The van der Waals surface area contributed by atoms with Crippen molar-refractivity contribution < 1.29 is 37.0 Å². The van der Waals surface area contributed by atoms with E-state index in [1.165, 1.54) is 17.0 Å². The molecule has 0 unspecified atom stereocenters. The average molecular weight is 516 g/mol. The molecule has 0 spiro atoms. The molecule has 0 atom stereocenters. The Morgan fingerprint density at radius 1 is 1.11 bits per heavy atom. The third kappa shape index (κ3) is 6.21. The first-order valence-electron chi connectivity index (χ1n) is 11.1. The Hall–Kier alpha value is -4.48. The van der Waals surface area contributed by atoms with Crippen molar-refractivity contribution in [1.29, 1.82) is 0 Å². The van der Waals surface area contributed by atoms with Crippen molar-refractivity contribution in [3.63, 3.8) is 0 Å². The molecule has 0 saturated heterocycles. The number of amides is 2. The summed E-state index contributed by atoms with van der Waals surface area (Å²) in [5, 5.41) is 2.65. The fourth-order valence-corrected chi connectivity index (χ4v) is 3.55. The summed E-state index contributed by atoms with van der Waals surface area (Å²) in [5.74, 6) is 0.0240. The molecule has 2 amide bonds. The molecule has 0 bridgehead atoms. The number of ether oxygens (including phenoxy) is 3. The summed E-state index contributed by atoms with van der Waals surface area (Å²) in [5.41, 5.74) is 1.06. The number of benzene rings is 2. The van der Waals surface area contributed by atoms with E-state index in [0.29, 0.717) is 29.5 Å². The van der Waals surface area contributed by atoms with Crippen LogP contribution in [0.25, 0.3) is 0 Å². The van der Waals surface area contributed by atoms with Crippen molar-refractivity contribution in [3.05, 3.63) is 66.4 Å². The Bertz CT molecular complexity index is 1280. The Kier molecular flexibility index (Phi) is 7.37. The highest BCUT2D eigenvalue weighted by Crippen LogP contribution is 2.41. The van der Waals surface area contributed by atoms with Gasteiger partial charge in [0.15, 0.2) is 23.9 Å². The Morgan fingerprint density at radius 2 is 1.86 bits per heavy atom. The Labute approximate surface area is 210 Å². The molecule has 4 rings (SSSR count). The van der Waals surface area contributed by atoms with Crippen LogP contribution < -0.4 is 24.4 Å². The number of nitrogens with one attached hydrogen (secondary N) is 1. The highest BCUT2D eigenvalue weighted by Gasteiger charge is 2.31. The van der Waals surface area contributed by atoms with Crippen molar-refractivity contribution in [2.45, 2.75) is 6.36 Å².